The Morgan fingerprint density at radius 2 is 0.816 bits per heavy atom. The average Bonchev–Trinajstić information content (AvgIpc) is 2.88. The van der Waals surface area contributed by atoms with Crippen molar-refractivity contribution < 1.29 is 0 Å². The molecule has 0 aliphatic carbocycles. The molecule has 0 saturated heterocycles. The second-order valence-electron chi connectivity index (χ2n) is 10.3. The third-order valence-corrected chi connectivity index (χ3v) is 21.8. The van der Waals surface area contributed by atoms with Gasteiger partial charge in [0.2, 0.25) is 0 Å². The molecule has 0 bridgehead atoms. The van der Waals surface area contributed by atoms with E-state index in [9.17, 15) is 0 Å². The Bertz CT molecular complexity index is 1420. The summed E-state index contributed by atoms with van der Waals surface area (Å²) < 4.78 is 3.04. The maximum absolute atomic E-state index is 2.50. The maximum atomic E-state index is 2.35. The third-order valence-electron chi connectivity index (χ3n) is 7.07. The summed E-state index contributed by atoms with van der Waals surface area (Å²) in [5.41, 5.74) is 13.6. The Kier molecular flexibility index (Phi) is 8.22. The van der Waals surface area contributed by atoms with Gasteiger partial charge in [-0.1, -0.05) is 0 Å². The van der Waals surface area contributed by atoms with E-state index in [0.29, 0.717) is 0 Å². The molecular weight excluding hydrogens is 673 g/mol. The van der Waals surface area contributed by atoms with Crippen LogP contribution in [0.2, 0.25) is 0 Å². The van der Waals surface area contributed by atoms with E-state index in [-0.39, 0.29) is 0 Å². The van der Waals surface area contributed by atoms with Crippen LogP contribution in [0.5, 0.6) is 0 Å². The zero-order valence-electron chi connectivity index (χ0n) is 23.2. The summed E-state index contributed by atoms with van der Waals surface area (Å²) in [4.78, 5) is 1.43. The molecule has 0 aliphatic heterocycles. The standard InChI is InChI=1S/C24H26S.2C6H5.Bi/c1-14-10-16(3)22(17(4)11-14)20-8-7-9-21(24(20)25)23-18(5)12-15(2)13-19(23)6;2*1-2-4-6-5-3-1;/h7-13,25H,1-6H3;2*1-5H;/q;;;+1/p-1. The fourth-order valence-corrected chi connectivity index (χ4v) is 20.3. The first-order chi connectivity index (χ1) is 18.3. The Morgan fingerprint density at radius 3 is 1.18 bits per heavy atom. The summed E-state index contributed by atoms with van der Waals surface area (Å²) in [6, 6.07) is 38.8. The molecule has 0 nitrogen and oxygen atoms in total. The van der Waals surface area contributed by atoms with Crippen molar-refractivity contribution in [3.8, 4) is 22.3 Å². The second-order valence-corrected chi connectivity index (χ2v) is 22.5. The van der Waals surface area contributed by atoms with E-state index in [2.05, 4.69) is 153 Å². The van der Waals surface area contributed by atoms with E-state index in [4.69, 9.17) is 0 Å². The van der Waals surface area contributed by atoms with Crippen molar-refractivity contribution in [2.75, 3.05) is 0 Å². The molecule has 2 heteroatoms. The predicted molar refractivity (Wildman–Crippen MR) is 169 cm³/mol. The normalized spacial score (nSPS) is 11.2. The molecule has 0 spiro atoms. The zero-order valence-corrected chi connectivity index (χ0v) is 27.5. The fraction of sp³-hybridized carbons (Fsp3) is 0.167. The molecule has 0 unspecified atom stereocenters. The monoisotopic (exact) mass is 708 g/mol. The number of aryl methyl sites for hydroxylation is 6. The summed E-state index contributed by atoms with van der Waals surface area (Å²) in [7, 11) is 2.18. The summed E-state index contributed by atoms with van der Waals surface area (Å²) >= 11 is -2.50. The second kappa shape index (κ2) is 11.6. The zero-order chi connectivity index (χ0) is 26.8. The summed E-state index contributed by atoms with van der Waals surface area (Å²) in [5, 5.41) is 0. The quantitative estimate of drug-likeness (QED) is 0.159. The van der Waals surface area contributed by atoms with Crippen LogP contribution in [-0.4, -0.2) is 20.3 Å². The van der Waals surface area contributed by atoms with E-state index >= 15 is 0 Å². The van der Waals surface area contributed by atoms with Gasteiger partial charge in [-0.25, -0.2) is 0 Å². The molecule has 0 fully saturated rings. The molecule has 5 aromatic carbocycles. The van der Waals surface area contributed by atoms with Gasteiger partial charge in [0, 0.05) is 0 Å². The van der Waals surface area contributed by atoms with Crippen molar-refractivity contribution in [1.82, 2.24) is 0 Å². The molecule has 0 N–H and O–H groups in total. The summed E-state index contributed by atoms with van der Waals surface area (Å²) in [6.07, 6.45) is 0. The van der Waals surface area contributed by atoms with Gasteiger partial charge in [0.15, 0.2) is 0 Å². The number of hydrogen-bond acceptors (Lipinski definition) is 1. The van der Waals surface area contributed by atoms with Crippen LogP contribution >= 0.6 is 8.52 Å². The van der Waals surface area contributed by atoms with Crippen LogP contribution in [0.15, 0.2) is 108 Å². The minimum absolute atomic E-state index is 1.32. The van der Waals surface area contributed by atoms with Crippen LogP contribution in [-0.2, 0) is 0 Å². The van der Waals surface area contributed by atoms with Gasteiger partial charge in [0.1, 0.15) is 0 Å². The molecule has 38 heavy (non-hydrogen) atoms. The van der Waals surface area contributed by atoms with Crippen LogP contribution in [0.4, 0.5) is 0 Å². The van der Waals surface area contributed by atoms with Gasteiger partial charge in [0.05, 0.1) is 0 Å². The van der Waals surface area contributed by atoms with Gasteiger partial charge < -0.3 is 0 Å². The Morgan fingerprint density at radius 1 is 0.447 bits per heavy atom. The van der Waals surface area contributed by atoms with Crippen molar-refractivity contribution in [2.24, 2.45) is 0 Å². The number of rotatable bonds is 6. The van der Waals surface area contributed by atoms with Gasteiger partial charge in [-0.05, 0) is 0 Å². The number of benzene rings is 5. The molecule has 0 aliphatic rings. The van der Waals surface area contributed by atoms with E-state index in [1.54, 1.807) is 0 Å². The predicted octanol–water partition coefficient (Wildman–Crippen LogP) is 8.77. The van der Waals surface area contributed by atoms with Crippen molar-refractivity contribution in [3.05, 3.63) is 137 Å². The van der Waals surface area contributed by atoms with Gasteiger partial charge in [-0.3, -0.25) is 0 Å². The van der Waals surface area contributed by atoms with Crippen LogP contribution in [0.3, 0.4) is 0 Å². The molecule has 0 amide bonds. The Hall–Kier alpha value is -2.67. The molecule has 0 atom stereocenters. The van der Waals surface area contributed by atoms with Crippen LogP contribution in [0.1, 0.15) is 33.4 Å². The van der Waals surface area contributed by atoms with Crippen molar-refractivity contribution >= 4 is 35.3 Å². The average molecular weight is 709 g/mol. The molecular formula is C36H35BiS. The third kappa shape index (κ3) is 5.54. The molecule has 0 radical (unpaired) electrons. The molecule has 0 heterocycles. The van der Waals surface area contributed by atoms with E-state index in [0.717, 1.165) is 0 Å². The van der Waals surface area contributed by atoms with Gasteiger partial charge in [0.25, 0.3) is 0 Å². The molecule has 5 rings (SSSR count). The Balaban J connectivity index is 1.81. The van der Waals surface area contributed by atoms with Gasteiger partial charge >= 0.3 is 241 Å². The molecule has 0 aromatic heterocycles. The van der Waals surface area contributed by atoms with Crippen LogP contribution in [0, 0.1) is 41.5 Å². The van der Waals surface area contributed by atoms with Crippen molar-refractivity contribution in [1.29, 1.82) is 0 Å². The first-order valence-corrected chi connectivity index (χ1v) is 21.7. The van der Waals surface area contributed by atoms with Crippen molar-refractivity contribution in [2.45, 2.75) is 46.4 Å². The number of hydrogen-bond donors (Lipinski definition) is 0. The minimum atomic E-state index is -2.50. The van der Waals surface area contributed by atoms with Crippen LogP contribution < -0.4 is 6.54 Å². The SMILES string of the molecule is Cc1cc(C)c(-c2cccc(-c3c(C)cc(C)cc3C)c2[S][Bi]([c]2ccccc2)[c]2ccccc2)c(C)c1. The molecule has 0 saturated carbocycles. The fourth-order valence-electron chi connectivity index (χ4n) is 5.71. The topological polar surface area (TPSA) is 0 Å². The van der Waals surface area contributed by atoms with Crippen LogP contribution in [0.25, 0.3) is 22.3 Å². The van der Waals surface area contributed by atoms with E-state index in [1.165, 1.54) is 67.1 Å². The van der Waals surface area contributed by atoms with E-state index < -0.39 is 20.3 Å². The first kappa shape index (κ1) is 26.9. The van der Waals surface area contributed by atoms with E-state index in [1.807, 2.05) is 0 Å². The Labute approximate surface area is 239 Å². The molecule has 190 valence electrons. The van der Waals surface area contributed by atoms with Gasteiger partial charge in [-0.2, -0.15) is 0 Å². The van der Waals surface area contributed by atoms with Gasteiger partial charge in [-0.15, -0.1) is 0 Å². The summed E-state index contributed by atoms with van der Waals surface area (Å²) in [5.74, 6) is 0. The van der Waals surface area contributed by atoms with Crippen molar-refractivity contribution in [3.63, 3.8) is 0 Å². The first-order valence-electron chi connectivity index (χ1n) is 13.2. The molecule has 5 aromatic rings. The summed E-state index contributed by atoms with van der Waals surface area (Å²) in [6.45, 7) is 13.5.